The Labute approximate surface area is 102 Å². The molecule has 2 rings (SSSR count). The fourth-order valence-corrected chi connectivity index (χ4v) is 2.10. The number of hydrogen-bond acceptors (Lipinski definition) is 4. The van der Waals surface area contributed by atoms with Crippen LogP contribution in [0, 0.1) is 0 Å². The Bertz CT molecular complexity index is 406. The molecular weight excluding hydrogens is 274 g/mol. The van der Waals surface area contributed by atoms with Crippen molar-refractivity contribution in [2.45, 2.75) is 12.5 Å². The van der Waals surface area contributed by atoms with Gasteiger partial charge in [-0.3, -0.25) is 0 Å². The molecular formula is C11H14BrNO3. The van der Waals surface area contributed by atoms with Gasteiger partial charge >= 0.3 is 0 Å². The van der Waals surface area contributed by atoms with Crippen molar-refractivity contribution in [1.82, 2.24) is 0 Å². The van der Waals surface area contributed by atoms with Crippen LogP contribution in [0.5, 0.6) is 11.5 Å². The summed E-state index contributed by atoms with van der Waals surface area (Å²) in [6.45, 7) is 2.88. The molecule has 1 unspecified atom stereocenters. The lowest BCUT2D eigenvalue weighted by atomic mass is 9.96. The fourth-order valence-electron chi connectivity index (χ4n) is 1.54. The summed E-state index contributed by atoms with van der Waals surface area (Å²) in [5.41, 5.74) is 5.18. The Kier molecular flexibility index (Phi) is 3.10. The average Bonchev–Trinajstić information content (AvgIpc) is 2.29. The van der Waals surface area contributed by atoms with E-state index < -0.39 is 5.60 Å². The van der Waals surface area contributed by atoms with Crippen LogP contribution in [0.4, 0.5) is 0 Å². The van der Waals surface area contributed by atoms with Crippen LogP contribution in [-0.4, -0.2) is 24.9 Å². The summed E-state index contributed by atoms with van der Waals surface area (Å²) in [6, 6.07) is 3.58. The number of aliphatic hydroxyl groups is 1. The lowest BCUT2D eigenvalue weighted by molar-refractivity contribution is 0.0659. The van der Waals surface area contributed by atoms with Crippen molar-refractivity contribution in [2.75, 3.05) is 19.8 Å². The molecule has 0 saturated carbocycles. The molecule has 1 aromatic carbocycles. The molecule has 0 radical (unpaired) electrons. The Morgan fingerprint density at radius 1 is 1.44 bits per heavy atom. The number of hydrogen-bond donors (Lipinski definition) is 2. The lowest BCUT2D eigenvalue weighted by Crippen LogP contribution is -2.31. The SMILES string of the molecule is CC(O)(CN)c1cc(Br)c2c(c1)OCCO2. The van der Waals surface area contributed by atoms with Gasteiger partial charge < -0.3 is 20.3 Å². The smallest absolute Gasteiger partial charge is 0.175 e. The molecule has 0 amide bonds. The molecule has 5 heteroatoms. The van der Waals surface area contributed by atoms with E-state index in [1.165, 1.54) is 0 Å². The van der Waals surface area contributed by atoms with Crippen LogP contribution in [-0.2, 0) is 5.60 Å². The third-order valence-corrected chi connectivity index (χ3v) is 3.21. The van der Waals surface area contributed by atoms with Gasteiger partial charge in [-0.15, -0.1) is 0 Å². The molecule has 1 aliphatic heterocycles. The van der Waals surface area contributed by atoms with Crippen LogP contribution in [0.15, 0.2) is 16.6 Å². The van der Waals surface area contributed by atoms with Crippen molar-refractivity contribution < 1.29 is 14.6 Å². The molecule has 0 fully saturated rings. The zero-order valence-corrected chi connectivity index (χ0v) is 10.6. The third kappa shape index (κ3) is 2.03. The molecule has 88 valence electrons. The maximum absolute atomic E-state index is 10.1. The van der Waals surface area contributed by atoms with Gasteiger partial charge in [-0.2, -0.15) is 0 Å². The largest absolute Gasteiger partial charge is 0.486 e. The van der Waals surface area contributed by atoms with Gasteiger partial charge in [0.05, 0.1) is 10.1 Å². The summed E-state index contributed by atoms with van der Waals surface area (Å²) >= 11 is 3.40. The molecule has 1 heterocycles. The Balaban J connectivity index is 2.47. The van der Waals surface area contributed by atoms with Gasteiger partial charge in [0, 0.05) is 6.54 Å². The number of benzene rings is 1. The Hall–Kier alpha value is -0.780. The molecule has 0 aliphatic carbocycles. The summed E-state index contributed by atoms with van der Waals surface area (Å²) < 4.78 is 11.7. The van der Waals surface area contributed by atoms with Crippen molar-refractivity contribution in [3.8, 4) is 11.5 Å². The van der Waals surface area contributed by atoms with Gasteiger partial charge in [0.2, 0.25) is 0 Å². The minimum absolute atomic E-state index is 0.152. The van der Waals surface area contributed by atoms with Gasteiger partial charge in [-0.25, -0.2) is 0 Å². The van der Waals surface area contributed by atoms with Gasteiger partial charge in [0.15, 0.2) is 11.5 Å². The summed E-state index contributed by atoms with van der Waals surface area (Å²) in [5, 5.41) is 10.1. The molecule has 0 saturated heterocycles. The molecule has 1 aromatic rings. The molecule has 4 nitrogen and oxygen atoms in total. The molecule has 1 aliphatic rings. The van der Waals surface area contributed by atoms with Crippen LogP contribution in [0.1, 0.15) is 12.5 Å². The van der Waals surface area contributed by atoms with Gasteiger partial charge in [0.1, 0.15) is 13.2 Å². The maximum atomic E-state index is 10.1. The fraction of sp³-hybridized carbons (Fsp3) is 0.455. The van der Waals surface area contributed by atoms with E-state index in [4.69, 9.17) is 15.2 Å². The standard InChI is InChI=1S/C11H14BrNO3/c1-11(14,6-13)7-4-8(12)10-9(5-7)15-2-3-16-10/h4-5,14H,2-3,6,13H2,1H3. The van der Waals surface area contributed by atoms with Crippen LogP contribution in [0.2, 0.25) is 0 Å². The van der Waals surface area contributed by atoms with E-state index in [1.807, 2.05) is 0 Å². The first kappa shape index (κ1) is 11.7. The van der Waals surface area contributed by atoms with Crippen molar-refractivity contribution >= 4 is 15.9 Å². The second kappa shape index (κ2) is 4.24. The van der Waals surface area contributed by atoms with E-state index in [9.17, 15) is 5.11 Å². The second-order valence-electron chi connectivity index (χ2n) is 3.96. The van der Waals surface area contributed by atoms with Gasteiger partial charge in [-0.05, 0) is 40.5 Å². The minimum Gasteiger partial charge on any atom is -0.486 e. The molecule has 1 atom stereocenters. The highest BCUT2D eigenvalue weighted by Gasteiger charge is 2.25. The van der Waals surface area contributed by atoms with Gasteiger partial charge in [0.25, 0.3) is 0 Å². The van der Waals surface area contributed by atoms with E-state index in [1.54, 1.807) is 19.1 Å². The summed E-state index contributed by atoms with van der Waals surface area (Å²) in [5.74, 6) is 1.33. The molecule has 0 bridgehead atoms. The van der Waals surface area contributed by atoms with Crippen LogP contribution in [0.3, 0.4) is 0 Å². The first-order chi connectivity index (χ1) is 7.54. The normalized spacial score (nSPS) is 18.0. The van der Waals surface area contributed by atoms with Crippen LogP contribution < -0.4 is 15.2 Å². The van der Waals surface area contributed by atoms with Crippen LogP contribution in [0.25, 0.3) is 0 Å². The predicted molar refractivity (Wildman–Crippen MR) is 63.8 cm³/mol. The molecule has 3 N–H and O–H groups in total. The number of nitrogens with two attached hydrogens (primary N) is 1. The second-order valence-corrected chi connectivity index (χ2v) is 4.81. The van der Waals surface area contributed by atoms with E-state index in [-0.39, 0.29) is 6.54 Å². The Morgan fingerprint density at radius 2 is 2.12 bits per heavy atom. The highest BCUT2D eigenvalue weighted by atomic mass is 79.9. The zero-order valence-electron chi connectivity index (χ0n) is 9.00. The van der Waals surface area contributed by atoms with E-state index in [0.717, 1.165) is 4.47 Å². The highest BCUT2D eigenvalue weighted by molar-refractivity contribution is 9.10. The van der Waals surface area contributed by atoms with E-state index in [0.29, 0.717) is 30.3 Å². The number of rotatable bonds is 2. The first-order valence-corrected chi connectivity index (χ1v) is 5.86. The lowest BCUT2D eigenvalue weighted by Gasteiger charge is -2.26. The zero-order chi connectivity index (χ0) is 11.8. The quantitative estimate of drug-likeness (QED) is 0.863. The van der Waals surface area contributed by atoms with Crippen molar-refractivity contribution in [3.63, 3.8) is 0 Å². The third-order valence-electron chi connectivity index (χ3n) is 2.62. The maximum Gasteiger partial charge on any atom is 0.175 e. The first-order valence-electron chi connectivity index (χ1n) is 5.06. The van der Waals surface area contributed by atoms with Crippen LogP contribution >= 0.6 is 15.9 Å². The predicted octanol–water partition coefficient (Wildman–Crippen LogP) is 1.39. The van der Waals surface area contributed by atoms with Crippen molar-refractivity contribution in [1.29, 1.82) is 0 Å². The average molecular weight is 288 g/mol. The monoisotopic (exact) mass is 287 g/mol. The summed E-state index contributed by atoms with van der Waals surface area (Å²) in [7, 11) is 0. The van der Waals surface area contributed by atoms with E-state index in [2.05, 4.69) is 15.9 Å². The number of fused-ring (bicyclic) bond motifs is 1. The van der Waals surface area contributed by atoms with Gasteiger partial charge in [-0.1, -0.05) is 0 Å². The highest BCUT2D eigenvalue weighted by Crippen LogP contribution is 2.40. The Morgan fingerprint density at radius 3 is 2.81 bits per heavy atom. The van der Waals surface area contributed by atoms with Crippen molar-refractivity contribution in [3.05, 3.63) is 22.2 Å². The minimum atomic E-state index is -1.06. The molecule has 0 aromatic heterocycles. The summed E-state index contributed by atoms with van der Waals surface area (Å²) in [6.07, 6.45) is 0. The number of ether oxygens (including phenoxy) is 2. The molecule has 16 heavy (non-hydrogen) atoms. The van der Waals surface area contributed by atoms with Crippen molar-refractivity contribution in [2.24, 2.45) is 5.73 Å². The molecule has 0 spiro atoms. The summed E-state index contributed by atoms with van der Waals surface area (Å²) in [4.78, 5) is 0. The van der Waals surface area contributed by atoms with E-state index >= 15 is 0 Å². The topological polar surface area (TPSA) is 64.7 Å². The number of halogens is 1.